The molecule has 220 valence electrons. The summed E-state index contributed by atoms with van der Waals surface area (Å²) in [6.07, 6.45) is 5.53. The van der Waals surface area contributed by atoms with Crippen LogP contribution in [0.5, 0.6) is 0 Å². The Kier molecular flexibility index (Phi) is 7.66. The van der Waals surface area contributed by atoms with Crippen molar-refractivity contribution in [3.8, 4) is 22.6 Å². The second-order valence-electron chi connectivity index (χ2n) is 10.7. The van der Waals surface area contributed by atoms with Gasteiger partial charge in [0, 0.05) is 42.5 Å². The Labute approximate surface area is 246 Å². The van der Waals surface area contributed by atoms with Gasteiger partial charge in [-0.25, -0.2) is 28.7 Å². The number of imidazole rings is 2. The fourth-order valence-corrected chi connectivity index (χ4v) is 5.30. The van der Waals surface area contributed by atoms with Crippen molar-refractivity contribution in [3.63, 3.8) is 0 Å². The molecule has 1 aliphatic heterocycles. The molecule has 1 amide bonds. The van der Waals surface area contributed by atoms with Crippen LogP contribution in [-0.4, -0.2) is 65.1 Å². The first kappa shape index (κ1) is 28.1. The second kappa shape index (κ2) is 11.7. The minimum absolute atomic E-state index is 0.0290. The van der Waals surface area contributed by atoms with E-state index in [1.54, 1.807) is 40.1 Å². The number of carbonyl (C=O) groups is 2. The van der Waals surface area contributed by atoms with Crippen LogP contribution in [0.4, 0.5) is 13.6 Å². The maximum Gasteiger partial charge on any atom is 0.410 e. The maximum absolute atomic E-state index is 13.8. The van der Waals surface area contributed by atoms with Gasteiger partial charge in [-0.15, -0.1) is 0 Å². The van der Waals surface area contributed by atoms with Gasteiger partial charge in [0.05, 0.1) is 42.1 Å². The van der Waals surface area contributed by atoms with Crippen molar-refractivity contribution in [1.29, 1.82) is 0 Å². The van der Waals surface area contributed by atoms with Crippen molar-refractivity contribution in [2.45, 2.75) is 45.3 Å². The Morgan fingerprint density at radius 2 is 1.79 bits per heavy atom. The van der Waals surface area contributed by atoms with Gasteiger partial charge in [-0.2, -0.15) is 9.49 Å². The zero-order chi connectivity index (χ0) is 30.1. The number of ketones is 1. The number of rotatable bonds is 7. The van der Waals surface area contributed by atoms with E-state index in [-0.39, 0.29) is 41.8 Å². The summed E-state index contributed by atoms with van der Waals surface area (Å²) in [5.41, 5.74) is 3.97. The number of carbonyl (C=O) groups excluding carboxylic acids is 2. The third-order valence-corrected chi connectivity index (χ3v) is 7.37. The molecule has 5 heterocycles. The monoisotopic (exact) mass is 585 g/mol. The zero-order valence-electron chi connectivity index (χ0n) is 23.7. The van der Waals surface area contributed by atoms with Crippen molar-refractivity contribution in [2.75, 3.05) is 13.1 Å². The number of hydrogen-bond acceptors (Lipinski definition) is 7. The third-order valence-electron chi connectivity index (χ3n) is 7.37. The Balaban J connectivity index is 1.32. The van der Waals surface area contributed by atoms with Gasteiger partial charge in [-0.3, -0.25) is 4.79 Å². The average Bonchev–Trinajstić information content (AvgIpc) is 3.61. The van der Waals surface area contributed by atoms with Crippen LogP contribution in [0.25, 0.3) is 28.3 Å². The van der Waals surface area contributed by atoms with Crippen LogP contribution in [0.2, 0.25) is 0 Å². The Bertz CT molecular complexity index is 1790. The van der Waals surface area contributed by atoms with Crippen LogP contribution < -0.4 is 0 Å². The summed E-state index contributed by atoms with van der Waals surface area (Å²) in [4.78, 5) is 39.6. The molecule has 43 heavy (non-hydrogen) atoms. The Hall–Kier alpha value is -5.00. The molecule has 0 atom stereocenters. The van der Waals surface area contributed by atoms with Gasteiger partial charge in [0.1, 0.15) is 11.5 Å². The van der Waals surface area contributed by atoms with Crippen LogP contribution in [-0.2, 0) is 11.2 Å². The van der Waals surface area contributed by atoms with E-state index in [4.69, 9.17) is 14.8 Å². The van der Waals surface area contributed by atoms with Crippen molar-refractivity contribution in [2.24, 2.45) is 0 Å². The van der Waals surface area contributed by atoms with Crippen LogP contribution in [0.1, 0.15) is 48.8 Å². The Morgan fingerprint density at radius 3 is 2.51 bits per heavy atom. The van der Waals surface area contributed by atoms with Gasteiger partial charge in [-0.1, -0.05) is 0 Å². The molecule has 0 aliphatic carbocycles. The van der Waals surface area contributed by atoms with Gasteiger partial charge in [0.15, 0.2) is 11.4 Å². The van der Waals surface area contributed by atoms with E-state index in [1.807, 2.05) is 19.9 Å². The van der Waals surface area contributed by atoms with Gasteiger partial charge >= 0.3 is 6.09 Å². The molecule has 0 N–H and O–H groups in total. The van der Waals surface area contributed by atoms with E-state index in [0.29, 0.717) is 48.7 Å². The highest BCUT2D eigenvalue weighted by Crippen LogP contribution is 2.35. The molecule has 12 heteroatoms. The normalized spacial score (nSPS) is 14.0. The van der Waals surface area contributed by atoms with E-state index in [2.05, 4.69) is 14.5 Å². The highest BCUT2D eigenvalue weighted by atomic mass is 19.1. The molecule has 0 radical (unpaired) electrons. The molecule has 0 saturated carbocycles. The molecule has 5 aromatic rings. The highest BCUT2D eigenvalue weighted by Gasteiger charge is 2.28. The minimum atomic E-state index is -0.720. The van der Waals surface area contributed by atoms with Gasteiger partial charge in [-0.05, 0) is 69.2 Å². The van der Waals surface area contributed by atoms with Gasteiger partial charge < -0.3 is 14.2 Å². The summed E-state index contributed by atoms with van der Waals surface area (Å²) < 4.78 is 36.3. The molecule has 1 aromatic carbocycles. The van der Waals surface area contributed by atoms with Crippen LogP contribution in [0.15, 0.2) is 67.3 Å². The number of pyridine rings is 1. The summed E-state index contributed by atoms with van der Waals surface area (Å²) in [6, 6.07) is 12.4. The summed E-state index contributed by atoms with van der Waals surface area (Å²) >= 11 is 0. The first-order valence-electron chi connectivity index (χ1n) is 14.0. The summed E-state index contributed by atoms with van der Waals surface area (Å²) in [5.74, 6) is -1.35. The topological polar surface area (TPSA) is 108 Å². The number of hydrogen-bond donors (Lipinski definition) is 0. The Morgan fingerprint density at radius 1 is 1.02 bits per heavy atom. The number of nitrogens with zero attached hydrogens (tertiary/aromatic N) is 7. The lowest BCUT2D eigenvalue weighted by Crippen LogP contribution is -2.40. The van der Waals surface area contributed by atoms with Crippen LogP contribution in [0, 0.1) is 11.8 Å². The van der Waals surface area contributed by atoms with Crippen LogP contribution in [0.3, 0.4) is 0 Å². The zero-order valence-corrected chi connectivity index (χ0v) is 23.7. The van der Waals surface area contributed by atoms with E-state index < -0.39 is 5.95 Å². The molecular formula is C31H29F2N7O3. The fraction of sp³-hybridized carbons (Fsp3) is 0.290. The number of aromatic nitrogens is 6. The first-order chi connectivity index (χ1) is 20.7. The molecule has 6 rings (SSSR count). The van der Waals surface area contributed by atoms with Crippen molar-refractivity contribution in [3.05, 3.63) is 90.3 Å². The number of piperidine rings is 1. The van der Waals surface area contributed by atoms with E-state index in [1.165, 1.54) is 24.4 Å². The van der Waals surface area contributed by atoms with Crippen molar-refractivity contribution >= 4 is 17.5 Å². The number of amides is 1. The molecule has 1 aliphatic rings. The number of likely N-dealkylation sites (tertiary alicyclic amines) is 1. The van der Waals surface area contributed by atoms with E-state index in [9.17, 15) is 18.4 Å². The van der Waals surface area contributed by atoms with Crippen molar-refractivity contribution < 1.29 is 23.1 Å². The SMILES string of the molecule is CC(C)OC(=O)N1CCC(n2cnc(-c3ccc(F)cc3)c2-c2ccc3nc(CC(=O)c4ccnc(F)c4)cn3n2)CC1. The largest absolute Gasteiger partial charge is 0.447 e. The smallest absolute Gasteiger partial charge is 0.410 e. The highest BCUT2D eigenvalue weighted by molar-refractivity contribution is 5.97. The maximum atomic E-state index is 13.8. The lowest BCUT2D eigenvalue weighted by Gasteiger charge is -2.33. The lowest BCUT2D eigenvalue weighted by molar-refractivity contribution is 0.0661. The molecule has 10 nitrogen and oxygen atoms in total. The second-order valence-corrected chi connectivity index (χ2v) is 10.7. The standard InChI is InChI=1S/C31H29F2N7O3/c1-19(2)43-31(42)38-13-10-24(11-14-38)39-18-35-29(20-3-5-22(32)6-4-20)30(39)25-7-8-28-36-23(17-40(28)37-25)16-26(41)21-9-12-34-27(33)15-21/h3-9,12,15,17-19,24H,10-11,13-14,16H2,1-2H3. The summed E-state index contributed by atoms with van der Waals surface area (Å²) in [6.45, 7) is 4.72. The van der Waals surface area contributed by atoms with Gasteiger partial charge in [0.25, 0.3) is 0 Å². The quantitative estimate of drug-likeness (QED) is 0.182. The van der Waals surface area contributed by atoms with E-state index in [0.717, 1.165) is 17.3 Å². The molecular weight excluding hydrogens is 556 g/mol. The van der Waals surface area contributed by atoms with Crippen molar-refractivity contribution in [1.82, 2.24) is 34.0 Å². The number of fused-ring (bicyclic) bond motifs is 1. The number of benzene rings is 1. The van der Waals surface area contributed by atoms with E-state index >= 15 is 0 Å². The lowest BCUT2D eigenvalue weighted by atomic mass is 10.0. The fourth-order valence-electron chi connectivity index (χ4n) is 5.30. The number of Topliss-reactive ketones (excluding diaryl/α,β-unsaturated/α-hetero) is 1. The third kappa shape index (κ3) is 5.99. The molecule has 4 aromatic heterocycles. The minimum Gasteiger partial charge on any atom is -0.447 e. The van der Waals surface area contributed by atoms with Crippen LogP contribution >= 0.6 is 0 Å². The predicted molar refractivity (Wildman–Crippen MR) is 153 cm³/mol. The molecule has 1 saturated heterocycles. The average molecular weight is 586 g/mol. The molecule has 0 bridgehead atoms. The summed E-state index contributed by atoms with van der Waals surface area (Å²) in [7, 11) is 0. The molecule has 0 spiro atoms. The van der Waals surface area contributed by atoms with Gasteiger partial charge in [0.2, 0.25) is 5.95 Å². The molecule has 1 fully saturated rings. The first-order valence-corrected chi connectivity index (χ1v) is 14.0. The number of ether oxygens (including phenoxy) is 1. The number of halogens is 2. The predicted octanol–water partition coefficient (Wildman–Crippen LogP) is 5.54. The molecule has 0 unspecified atom stereocenters. The summed E-state index contributed by atoms with van der Waals surface area (Å²) in [5, 5.41) is 4.82.